The van der Waals surface area contributed by atoms with E-state index in [2.05, 4.69) is 36.7 Å². The molecule has 3 aliphatic rings. The molecule has 0 bridgehead atoms. The molecule has 0 radical (unpaired) electrons. The molecule has 0 aromatic carbocycles. The number of nitrogens with zero attached hydrogens (tertiary/aromatic N) is 1. The molecule has 3 fully saturated rings. The number of primary amides is 1. The number of carbonyl (C=O) groups is 6. The summed E-state index contributed by atoms with van der Waals surface area (Å²) in [6, 6.07) is -3.45. The van der Waals surface area contributed by atoms with Crippen LogP contribution in [-0.2, 0) is 28.7 Å². The van der Waals surface area contributed by atoms with Crippen LogP contribution >= 0.6 is 0 Å². The average molecular weight is 638 g/mol. The van der Waals surface area contributed by atoms with Crippen LogP contribution in [0.4, 0.5) is 4.79 Å². The molecule has 258 valence electrons. The maximum atomic E-state index is 13.9. The predicted molar refractivity (Wildman–Crippen MR) is 173 cm³/mol. The quantitative estimate of drug-likeness (QED) is 0.198. The van der Waals surface area contributed by atoms with Crippen LogP contribution in [0.2, 0.25) is 0 Å². The van der Waals surface area contributed by atoms with Gasteiger partial charge in [-0.05, 0) is 70.1 Å². The fraction of sp³-hybridized carbons (Fsp3) is 0.818. The fourth-order valence-corrected chi connectivity index (χ4v) is 5.92. The maximum Gasteiger partial charge on any atom is 0.325 e. The molecule has 3 atom stereocenters. The van der Waals surface area contributed by atoms with Crippen LogP contribution in [0.15, 0.2) is 0 Å². The van der Waals surface area contributed by atoms with E-state index < -0.39 is 58.7 Å². The lowest BCUT2D eigenvalue weighted by Gasteiger charge is -2.37. The average Bonchev–Trinajstić information content (AvgIpc) is 3.55. The second-order valence-corrected chi connectivity index (χ2v) is 14.5. The van der Waals surface area contributed by atoms with E-state index in [9.17, 15) is 28.8 Å². The molecule has 2 aliphatic carbocycles. The molecular weight excluding hydrogens is 578 g/mol. The Bertz CT molecular complexity index is 1040. The number of hydrogen-bond acceptors (Lipinski definition) is 7. The van der Waals surface area contributed by atoms with E-state index in [4.69, 9.17) is 10.5 Å². The van der Waals surface area contributed by atoms with Crippen molar-refractivity contribution in [2.75, 3.05) is 13.1 Å². The first-order chi connectivity index (χ1) is 20.4. The standard InChI is InChI=1S/C28H45N5O7.C4H10.CH4/c1-27(2,3)40-20(34)16-30-26(39)32-22(28(4)12-5-6-13-28)25(38)33-14-8-11-19(33)24(37)31-18(21(35)23(29)36)15-17-9-7-10-17;1-4(2)3;/h17-19,22H,5-16H2,1-4H3,(H2,29,36)(H,31,37)(H2,30,32,39);4H,1-3H3;1H4/t18?,19-,22?;;/m0../s1. The van der Waals surface area contributed by atoms with Crippen LogP contribution in [0.5, 0.6) is 0 Å². The first-order valence-electron chi connectivity index (χ1n) is 16.1. The number of likely N-dealkylation sites (tertiary alicyclic amines) is 1. The predicted octanol–water partition coefficient (Wildman–Crippen LogP) is 3.60. The van der Waals surface area contributed by atoms with Gasteiger partial charge in [0.15, 0.2) is 0 Å². The van der Waals surface area contributed by atoms with Gasteiger partial charge in [-0.3, -0.25) is 24.0 Å². The van der Waals surface area contributed by atoms with Crippen molar-refractivity contribution in [3.63, 3.8) is 0 Å². The number of nitrogens with one attached hydrogen (secondary N) is 3. The number of Topliss-reactive ketones (excluding diaryl/α,β-unsaturated/α-hetero) is 1. The number of carbonyl (C=O) groups excluding carboxylic acids is 6. The van der Waals surface area contributed by atoms with Crippen LogP contribution in [-0.4, -0.2) is 77.2 Å². The molecule has 5 N–H and O–H groups in total. The highest BCUT2D eigenvalue weighted by atomic mass is 16.6. The highest BCUT2D eigenvalue weighted by Crippen LogP contribution is 2.42. The van der Waals surface area contributed by atoms with Gasteiger partial charge >= 0.3 is 12.0 Å². The number of ether oxygens (including phenoxy) is 1. The number of amides is 5. The largest absolute Gasteiger partial charge is 0.459 e. The third-order valence-corrected chi connectivity index (χ3v) is 8.29. The smallest absolute Gasteiger partial charge is 0.325 e. The summed E-state index contributed by atoms with van der Waals surface area (Å²) in [4.78, 5) is 77.7. The minimum Gasteiger partial charge on any atom is -0.459 e. The van der Waals surface area contributed by atoms with Gasteiger partial charge in [0.2, 0.25) is 17.6 Å². The number of nitrogens with two attached hydrogens (primary N) is 1. The third-order valence-electron chi connectivity index (χ3n) is 8.29. The number of hydrogen-bond donors (Lipinski definition) is 4. The van der Waals surface area contributed by atoms with Crippen LogP contribution < -0.4 is 21.7 Å². The molecule has 12 nitrogen and oxygen atoms in total. The van der Waals surface area contributed by atoms with Crippen molar-refractivity contribution in [3.05, 3.63) is 0 Å². The zero-order valence-electron chi connectivity index (χ0n) is 27.8. The van der Waals surface area contributed by atoms with Gasteiger partial charge in [-0.15, -0.1) is 0 Å². The molecule has 1 aliphatic heterocycles. The molecule has 1 heterocycles. The van der Waals surface area contributed by atoms with Crippen LogP contribution in [0.3, 0.4) is 0 Å². The zero-order valence-corrected chi connectivity index (χ0v) is 27.8. The number of ketones is 1. The Morgan fingerprint density at radius 1 is 0.933 bits per heavy atom. The molecule has 5 amide bonds. The Balaban J connectivity index is 0.00000191. The van der Waals surface area contributed by atoms with E-state index >= 15 is 0 Å². The van der Waals surface area contributed by atoms with Gasteiger partial charge in [0, 0.05) is 6.54 Å². The summed E-state index contributed by atoms with van der Waals surface area (Å²) in [6.45, 7) is 13.6. The minimum atomic E-state index is -1.10. The maximum absolute atomic E-state index is 13.9. The van der Waals surface area contributed by atoms with Crippen molar-refractivity contribution in [2.24, 2.45) is 23.0 Å². The van der Waals surface area contributed by atoms with Gasteiger partial charge in [0.25, 0.3) is 5.91 Å². The van der Waals surface area contributed by atoms with Gasteiger partial charge in [0.05, 0.1) is 6.04 Å². The van der Waals surface area contributed by atoms with Crippen LogP contribution in [0.1, 0.15) is 120 Å². The van der Waals surface area contributed by atoms with Gasteiger partial charge in [-0.1, -0.05) is 67.2 Å². The second kappa shape index (κ2) is 17.5. The molecule has 2 saturated carbocycles. The SMILES string of the molecule is C.CC(C)(C)OC(=O)CNC(=O)NC(C(=O)N1CCC[C@H]1C(=O)NC(CC1CCC1)C(=O)C(N)=O)C1(C)CCCC1.CC(C)C. The summed E-state index contributed by atoms with van der Waals surface area (Å²) in [6.07, 6.45) is 7.46. The van der Waals surface area contributed by atoms with E-state index in [0.29, 0.717) is 25.8 Å². The molecule has 3 rings (SSSR count). The summed E-state index contributed by atoms with van der Waals surface area (Å²) in [5, 5.41) is 7.95. The highest BCUT2D eigenvalue weighted by Gasteiger charge is 2.47. The Morgan fingerprint density at radius 2 is 1.51 bits per heavy atom. The number of rotatable bonds is 11. The minimum absolute atomic E-state index is 0. The van der Waals surface area contributed by atoms with E-state index in [0.717, 1.165) is 50.9 Å². The Labute approximate surface area is 269 Å². The monoisotopic (exact) mass is 637 g/mol. The zero-order chi connectivity index (χ0) is 33.2. The lowest BCUT2D eigenvalue weighted by Crippen LogP contribution is -2.60. The van der Waals surface area contributed by atoms with Crippen molar-refractivity contribution >= 4 is 35.5 Å². The summed E-state index contributed by atoms with van der Waals surface area (Å²) in [5.41, 5.74) is 4.01. The summed E-state index contributed by atoms with van der Waals surface area (Å²) in [7, 11) is 0. The molecule has 1 saturated heterocycles. The van der Waals surface area contributed by atoms with Gasteiger partial charge in [-0.25, -0.2) is 4.79 Å². The Morgan fingerprint density at radius 3 is 2.00 bits per heavy atom. The normalized spacial score (nSPS) is 20.4. The van der Waals surface area contributed by atoms with Crippen LogP contribution in [0, 0.1) is 17.3 Å². The molecule has 0 aromatic rings. The molecule has 0 aromatic heterocycles. The number of esters is 1. The first kappa shape index (κ1) is 39.8. The summed E-state index contributed by atoms with van der Waals surface area (Å²) in [5.74, 6) is -2.35. The van der Waals surface area contributed by atoms with Crippen molar-refractivity contribution in [1.29, 1.82) is 0 Å². The Kier molecular flexibility index (Phi) is 15.5. The fourth-order valence-electron chi connectivity index (χ4n) is 5.92. The highest BCUT2D eigenvalue weighted by molar-refractivity contribution is 6.37. The van der Waals surface area contributed by atoms with E-state index in [-0.39, 0.29) is 25.8 Å². The number of urea groups is 1. The lowest BCUT2D eigenvalue weighted by molar-refractivity contribution is -0.153. The van der Waals surface area contributed by atoms with Gasteiger partial charge < -0.3 is 31.3 Å². The molecule has 0 spiro atoms. The van der Waals surface area contributed by atoms with Crippen molar-refractivity contribution < 1.29 is 33.5 Å². The molecule has 2 unspecified atom stereocenters. The summed E-state index contributed by atoms with van der Waals surface area (Å²) >= 11 is 0. The second-order valence-electron chi connectivity index (χ2n) is 14.5. The Hall–Kier alpha value is -3.18. The topological polar surface area (TPSA) is 177 Å². The first-order valence-corrected chi connectivity index (χ1v) is 16.1. The summed E-state index contributed by atoms with van der Waals surface area (Å²) < 4.78 is 5.23. The molecule has 12 heteroatoms. The van der Waals surface area contributed by atoms with E-state index in [1.807, 2.05) is 6.92 Å². The van der Waals surface area contributed by atoms with Gasteiger partial charge in [-0.2, -0.15) is 0 Å². The van der Waals surface area contributed by atoms with Crippen molar-refractivity contribution in [2.45, 2.75) is 144 Å². The van der Waals surface area contributed by atoms with E-state index in [1.54, 1.807) is 20.8 Å². The van der Waals surface area contributed by atoms with Crippen LogP contribution in [0.25, 0.3) is 0 Å². The molecule has 45 heavy (non-hydrogen) atoms. The lowest BCUT2D eigenvalue weighted by atomic mass is 9.79. The van der Waals surface area contributed by atoms with Crippen molar-refractivity contribution in [3.8, 4) is 0 Å². The van der Waals surface area contributed by atoms with Crippen molar-refractivity contribution in [1.82, 2.24) is 20.9 Å². The van der Waals surface area contributed by atoms with E-state index in [1.165, 1.54) is 4.90 Å². The third kappa shape index (κ3) is 12.6. The van der Waals surface area contributed by atoms with Gasteiger partial charge in [0.1, 0.15) is 24.2 Å². The molecular formula is C33H59N5O7.